The predicted octanol–water partition coefficient (Wildman–Crippen LogP) is 5.52. The van der Waals surface area contributed by atoms with Crippen LogP contribution in [0.5, 0.6) is 0 Å². The first-order valence-electron chi connectivity index (χ1n) is 13.0. The Balaban J connectivity index is 0.000000317. The maximum absolute atomic E-state index is 10.6. The molecular weight excluding hydrogens is 620 g/mol. The highest BCUT2D eigenvalue weighted by molar-refractivity contribution is 7.09. The molecule has 0 atom stereocenters. The maximum Gasteiger partial charge on any atom is 0.490 e. The van der Waals surface area contributed by atoms with E-state index in [4.69, 9.17) is 29.8 Å². The van der Waals surface area contributed by atoms with E-state index >= 15 is 0 Å². The summed E-state index contributed by atoms with van der Waals surface area (Å²) in [6.45, 7) is 7.51. The topological polar surface area (TPSA) is 139 Å². The van der Waals surface area contributed by atoms with Gasteiger partial charge in [0, 0.05) is 48.0 Å². The van der Waals surface area contributed by atoms with Crippen LogP contribution in [-0.4, -0.2) is 81.8 Å². The third-order valence-electron chi connectivity index (χ3n) is 6.45. The van der Waals surface area contributed by atoms with Crippen molar-refractivity contribution in [2.24, 2.45) is 7.05 Å². The first-order valence-corrected chi connectivity index (χ1v) is 13.9. The molecule has 0 aromatic carbocycles. The monoisotopic (exact) mass is 649 g/mol. The number of carbonyl (C=O) groups is 2. The summed E-state index contributed by atoms with van der Waals surface area (Å²) in [5.74, 6) is -5.05. The molecule has 0 unspecified atom stereocenters. The molecule has 44 heavy (non-hydrogen) atoms. The van der Waals surface area contributed by atoms with Crippen LogP contribution in [-0.2, 0) is 23.2 Å². The molecule has 0 saturated carbocycles. The number of fused-ring (bicyclic) bond motifs is 1. The average molecular weight is 650 g/mol. The number of hydrogen-bond acceptors (Lipinski definition) is 8. The largest absolute Gasteiger partial charge is 0.490 e. The van der Waals surface area contributed by atoms with Crippen LogP contribution in [0.4, 0.5) is 26.3 Å². The fourth-order valence-corrected chi connectivity index (χ4v) is 4.98. The summed E-state index contributed by atoms with van der Waals surface area (Å²) in [5, 5.41) is 21.9. The highest BCUT2D eigenvalue weighted by atomic mass is 32.1. The summed E-state index contributed by atoms with van der Waals surface area (Å²) in [6, 6.07) is 2.62. The van der Waals surface area contributed by atoms with Gasteiger partial charge in [0.2, 0.25) is 0 Å². The van der Waals surface area contributed by atoms with Crippen molar-refractivity contribution >= 4 is 34.3 Å². The van der Waals surface area contributed by atoms with Gasteiger partial charge in [-0.3, -0.25) is 9.58 Å². The van der Waals surface area contributed by atoms with Crippen LogP contribution < -0.4 is 0 Å². The lowest BCUT2D eigenvalue weighted by Gasteiger charge is -2.31. The SMILES string of the molecule is CC(C)n1cnc2c(-c3cnn(C)c3)nc(C3CCN(Cc4nccs4)CC3)cc21.O=C(O)C(F)(F)F.O=C(O)C(F)(F)F. The third kappa shape index (κ3) is 9.22. The Morgan fingerprint density at radius 2 is 1.64 bits per heavy atom. The van der Waals surface area contributed by atoms with E-state index in [-0.39, 0.29) is 0 Å². The minimum atomic E-state index is -5.08. The zero-order valence-electron chi connectivity index (χ0n) is 23.7. The van der Waals surface area contributed by atoms with E-state index in [1.807, 2.05) is 36.6 Å². The molecule has 0 bridgehead atoms. The van der Waals surface area contributed by atoms with Gasteiger partial charge in [0.15, 0.2) is 0 Å². The Morgan fingerprint density at radius 1 is 1.05 bits per heavy atom. The molecule has 0 spiro atoms. The first kappa shape index (κ1) is 34.4. The van der Waals surface area contributed by atoms with Gasteiger partial charge in [-0.2, -0.15) is 31.4 Å². The third-order valence-corrected chi connectivity index (χ3v) is 7.21. The average Bonchev–Trinajstić information content (AvgIpc) is 3.69. The molecule has 1 fully saturated rings. The number of imidazole rings is 1. The summed E-state index contributed by atoms with van der Waals surface area (Å²) < 4.78 is 67.5. The highest BCUT2D eigenvalue weighted by Crippen LogP contribution is 2.34. The fourth-order valence-electron chi connectivity index (χ4n) is 4.32. The van der Waals surface area contributed by atoms with Crippen molar-refractivity contribution in [2.75, 3.05) is 13.1 Å². The number of alkyl halides is 6. The zero-order chi connectivity index (χ0) is 32.8. The van der Waals surface area contributed by atoms with E-state index < -0.39 is 24.3 Å². The van der Waals surface area contributed by atoms with Gasteiger partial charge in [-0.25, -0.2) is 24.5 Å². The van der Waals surface area contributed by atoms with E-state index in [0.29, 0.717) is 12.0 Å². The summed E-state index contributed by atoms with van der Waals surface area (Å²) in [5.41, 5.74) is 5.28. The maximum atomic E-state index is 10.6. The van der Waals surface area contributed by atoms with Crippen LogP contribution in [0.1, 0.15) is 49.4 Å². The van der Waals surface area contributed by atoms with Gasteiger partial charge in [-0.05, 0) is 45.8 Å². The van der Waals surface area contributed by atoms with Crippen LogP contribution in [0.25, 0.3) is 22.3 Å². The zero-order valence-corrected chi connectivity index (χ0v) is 24.5. The number of hydrogen-bond donors (Lipinski definition) is 2. The van der Waals surface area contributed by atoms with Gasteiger partial charge < -0.3 is 14.8 Å². The molecule has 4 aromatic rings. The molecule has 18 heteroatoms. The van der Waals surface area contributed by atoms with Crippen molar-refractivity contribution in [3.05, 3.63) is 47.1 Å². The second-order valence-corrected chi connectivity index (χ2v) is 11.0. The van der Waals surface area contributed by atoms with Crippen LogP contribution in [0.3, 0.4) is 0 Å². The van der Waals surface area contributed by atoms with E-state index in [9.17, 15) is 26.3 Å². The molecular formula is C26H29F6N7O4S. The molecule has 240 valence electrons. The van der Waals surface area contributed by atoms with Gasteiger partial charge in [-0.1, -0.05) is 0 Å². The summed E-state index contributed by atoms with van der Waals surface area (Å²) >= 11 is 1.74. The van der Waals surface area contributed by atoms with Gasteiger partial charge in [0.05, 0.1) is 24.6 Å². The van der Waals surface area contributed by atoms with E-state index in [1.165, 1.54) is 16.2 Å². The summed E-state index contributed by atoms with van der Waals surface area (Å²) in [7, 11) is 1.94. The minimum Gasteiger partial charge on any atom is -0.475 e. The molecule has 11 nitrogen and oxygen atoms in total. The molecule has 5 heterocycles. The molecule has 1 saturated heterocycles. The first-order chi connectivity index (χ1) is 20.5. The van der Waals surface area contributed by atoms with Crippen molar-refractivity contribution < 1.29 is 46.1 Å². The number of aryl methyl sites for hydroxylation is 1. The molecule has 1 aliphatic rings. The smallest absolute Gasteiger partial charge is 0.475 e. The van der Waals surface area contributed by atoms with Crippen molar-refractivity contribution in [1.29, 1.82) is 0 Å². The van der Waals surface area contributed by atoms with Gasteiger partial charge in [0.25, 0.3) is 0 Å². The van der Waals surface area contributed by atoms with Crippen molar-refractivity contribution in [3.63, 3.8) is 0 Å². The minimum absolute atomic E-state index is 0.354. The number of aromatic nitrogens is 6. The lowest BCUT2D eigenvalue weighted by molar-refractivity contribution is -0.193. The molecule has 0 radical (unpaired) electrons. The lowest BCUT2D eigenvalue weighted by Crippen LogP contribution is -2.32. The van der Waals surface area contributed by atoms with Crippen LogP contribution >= 0.6 is 11.3 Å². The summed E-state index contributed by atoms with van der Waals surface area (Å²) in [6.07, 6.45) is -0.188. The fraction of sp³-hybridized carbons (Fsp3) is 0.462. The van der Waals surface area contributed by atoms with E-state index in [0.717, 1.165) is 49.2 Å². The number of carboxylic acids is 2. The number of nitrogens with zero attached hydrogens (tertiary/aromatic N) is 7. The summed E-state index contributed by atoms with van der Waals surface area (Å²) in [4.78, 5) is 34.6. The molecule has 0 amide bonds. The Labute approximate surface area is 250 Å². The second-order valence-electron chi connectivity index (χ2n) is 9.99. The number of halogens is 6. The predicted molar refractivity (Wildman–Crippen MR) is 147 cm³/mol. The number of aliphatic carboxylic acids is 2. The number of likely N-dealkylation sites (tertiary alicyclic amines) is 1. The van der Waals surface area contributed by atoms with Crippen molar-refractivity contribution in [3.8, 4) is 11.3 Å². The van der Waals surface area contributed by atoms with Crippen LogP contribution in [0.15, 0.2) is 36.4 Å². The normalized spacial score (nSPS) is 14.6. The Kier molecular flexibility index (Phi) is 11.1. The number of pyridine rings is 1. The molecule has 4 aromatic heterocycles. The molecule has 5 rings (SSSR count). The van der Waals surface area contributed by atoms with Crippen LogP contribution in [0, 0.1) is 0 Å². The van der Waals surface area contributed by atoms with Gasteiger partial charge in [-0.15, -0.1) is 11.3 Å². The van der Waals surface area contributed by atoms with E-state index in [1.54, 1.807) is 11.3 Å². The molecule has 0 aliphatic carbocycles. The number of piperidine rings is 1. The Bertz CT molecular complexity index is 1520. The lowest BCUT2D eigenvalue weighted by atomic mass is 9.92. The standard InChI is InChI=1S/C22H27N7S.2C2HF3O2/c1-15(2)29-14-24-22-19(29)10-18(26-21(22)17-11-25-27(3)12-17)16-4-7-28(8-5-16)13-20-23-6-9-30-20;2*3-2(4,5)1(6)7/h6,9-12,14-16H,4-5,7-8,13H2,1-3H3;2*(H,6,7). The number of thiazole rings is 1. The van der Waals surface area contributed by atoms with Gasteiger partial charge >= 0.3 is 24.3 Å². The Hall–Kier alpha value is -4.06. The quantitative estimate of drug-likeness (QED) is 0.268. The number of carboxylic acid groups (broad SMARTS) is 2. The van der Waals surface area contributed by atoms with Crippen LogP contribution in [0.2, 0.25) is 0 Å². The van der Waals surface area contributed by atoms with Crippen molar-refractivity contribution in [1.82, 2.24) is 34.2 Å². The van der Waals surface area contributed by atoms with E-state index in [2.05, 4.69) is 44.8 Å². The molecule has 2 N–H and O–H groups in total. The second kappa shape index (κ2) is 14.1. The molecule has 1 aliphatic heterocycles. The van der Waals surface area contributed by atoms with Crippen molar-refractivity contribution in [2.45, 2.75) is 57.5 Å². The van der Waals surface area contributed by atoms with Gasteiger partial charge in [0.1, 0.15) is 16.2 Å². The Morgan fingerprint density at radius 3 is 2.09 bits per heavy atom. The number of rotatable bonds is 5. The highest BCUT2D eigenvalue weighted by Gasteiger charge is 2.39.